The number of nitrogens with one attached hydrogen (secondary N) is 1. The number of thiazole rings is 1. The van der Waals surface area contributed by atoms with Crippen LogP contribution in [-0.4, -0.2) is 34.4 Å². The first kappa shape index (κ1) is 20.8. The molecule has 1 amide bonds. The number of likely N-dealkylation sites (tertiary alicyclic amines) is 1. The minimum Gasteiger partial charge on any atom is -0.333 e. The van der Waals surface area contributed by atoms with Crippen molar-refractivity contribution in [2.24, 2.45) is 5.92 Å². The fourth-order valence-corrected chi connectivity index (χ4v) is 6.18. The molecule has 4 nitrogen and oxygen atoms in total. The number of fused-ring (bicyclic) bond motifs is 3. The van der Waals surface area contributed by atoms with Crippen molar-refractivity contribution in [1.29, 1.82) is 0 Å². The highest BCUT2D eigenvalue weighted by atomic mass is 35.5. The second-order valence-electron chi connectivity index (χ2n) is 7.94. The molecule has 1 N–H and O–H groups in total. The first-order chi connectivity index (χ1) is 12.3. The molecule has 0 spiro atoms. The summed E-state index contributed by atoms with van der Waals surface area (Å²) >= 11 is 1.76. The number of halogens is 2. The molecule has 148 valence electrons. The SMILES string of the molecule is Cl.Cl.O=C(CC1CC2CCC(C1)N2)N1CCCC1c1nc2ccccc2s1. The average Bonchev–Trinajstić information content (AvgIpc) is 3.32. The molecular formula is C20H27Cl2N3OS. The lowest BCUT2D eigenvalue weighted by atomic mass is 9.89. The van der Waals surface area contributed by atoms with Gasteiger partial charge in [-0.05, 0) is 56.6 Å². The standard InChI is InChI=1S/C20H25N3OS.2ClH/c24-19(12-13-10-14-7-8-15(11-13)21-14)23-9-3-5-17(23)20-22-16-4-1-2-6-18(16)25-20;;/h1-2,4,6,13-15,17,21H,3,5,7-12H2;2*1H. The van der Waals surface area contributed by atoms with Crippen LogP contribution in [0.25, 0.3) is 10.2 Å². The van der Waals surface area contributed by atoms with Crippen molar-refractivity contribution in [3.63, 3.8) is 0 Å². The molecular weight excluding hydrogens is 401 g/mol. The van der Waals surface area contributed by atoms with Gasteiger partial charge in [0.05, 0.1) is 16.3 Å². The van der Waals surface area contributed by atoms with E-state index in [9.17, 15) is 4.79 Å². The lowest BCUT2D eigenvalue weighted by Crippen LogP contribution is -2.40. The Kier molecular flexibility index (Phi) is 6.67. The molecule has 2 aromatic rings. The Morgan fingerprint density at radius 2 is 1.89 bits per heavy atom. The number of piperidine rings is 1. The van der Waals surface area contributed by atoms with Gasteiger partial charge in [0.25, 0.3) is 0 Å². The van der Waals surface area contributed by atoms with E-state index >= 15 is 0 Å². The summed E-state index contributed by atoms with van der Waals surface area (Å²) in [6.07, 6.45) is 7.85. The molecule has 2 bridgehead atoms. The molecule has 27 heavy (non-hydrogen) atoms. The van der Waals surface area contributed by atoms with Crippen LogP contribution in [0.4, 0.5) is 0 Å². The summed E-state index contributed by atoms with van der Waals surface area (Å²) in [5.41, 5.74) is 1.07. The summed E-state index contributed by atoms with van der Waals surface area (Å²) in [4.78, 5) is 20.0. The van der Waals surface area contributed by atoms with Crippen LogP contribution in [0.1, 0.15) is 56.0 Å². The topological polar surface area (TPSA) is 45.2 Å². The predicted molar refractivity (Wildman–Crippen MR) is 115 cm³/mol. The molecule has 3 aliphatic heterocycles. The zero-order valence-corrected chi connectivity index (χ0v) is 17.8. The van der Waals surface area contributed by atoms with E-state index in [0.717, 1.165) is 36.3 Å². The quantitative estimate of drug-likeness (QED) is 0.769. The summed E-state index contributed by atoms with van der Waals surface area (Å²) in [6.45, 7) is 0.900. The summed E-state index contributed by atoms with van der Waals surface area (Å²) in [5, 5.41) is 4.80. The molecule has 1 aromatic carbocycles. The normalized spacial score (nSPS) is 29.4. The Hall–Kier alpha value is -0.880. The van der Waals surface area contributed by atoms with Crippen molar-refractivity contribution >= 4 is 52.3 Å². The van der Waals surface area contributed by atoms with Crippen LogP contribution >= 0.6 is 36.2 Å². The molecule has 0 aliphatic carbocycles. The average molecular weight is 428 g/mol. The Morgan fingerprint density at radius 3 is 2.63 bits per heavy atom. The molecule has 1 aromatic heterocycles. The van der Waals surface area contributed by atoms with Gasteiger partial charge < -0.3 is 10.2 Å². The van der Waals surface area contributed by atoms with Crippen molar-refractivity contribution in [2.75, 3.05) is 6.54 Å². The van der Waals surface area contributed by atoms with Crippen molar-refractivity contribution in [3.05, 3.63) is 29.3 Å². The number of amides is 1. The number of carbonyl (C=O) groups excluding carboxylic acids is 1. The third-order valence-electron chi connectivity index (χ3n) is 6.20. The van der Waals surface area contributed by atoms with Crippen LogP contribution in [0.2, 0.25) is 0 Å². The molecule has 3 aliphatic rings. The van der Waals surface area contributed by atoms with Crippen LogP contribution in [-0.2, 0) is 4.79 Å². The zero-order chi connectivity index (χ0) is 16.8. The van der Waals surface area contributed by atoms with E-state index in [0.29, 0.717) is 23.9 Å². The van der Waals surface area contributed by atoms with Crippen molar-refractivity contribution in [2.45, 2.75) is 63.1 Å². The summed E-state index contributed by atoms with van der Waals surface area (Å²) < 4.78 is 1.23. The number of nitrogens with zero attached hydrogens (tertiary/aromatic N) is 2. The van der Waals surface area contributed by atoms with E-state index < -0.39 is 0 Å². The third-order valence-corrected chi connectivity index (χ3v) is 7.34. The Balaban J connectivity index is 0.00000105. The number of hydrogen-bond donors (Lipinski definition) is 1. The van der Waals surface area contributed by atoms with E-state index in [1.165, 1.54) is 30.4 Å². The predicted octanol–water partition coefficient (Wildman–Crippen LogP) is 4.72. The highest BCUT2D eigenvalue weighted by molar-refractivity contribution is 7.18. The molecule has 0 radical (unpaired) electrons. The fraction of sp³-hybridized carbons (Fsp3) is 0.600. The smallest absolute Gasteiger partial charge is 0.223 e. The largest absolute Gasteiger partial charge is 0.333 e. The molecule has 3 fully saturated rings. The first-order valence-corrected chi connectivity index (χ1v) is 10.5. The Bertz CT molecular complexity index is 753. The van der Waals surface area contributed by atoms with Crippen LogP contribution < -0.4 is 5.32 Å². The number of para-hydroxylation sites is 1. The first-order valence-electron chi connectivity index (χ1n) is 9.67. The van der Waals surface area contributed by atoms with Gasteiger partial charge in [0.1, 0.15) is 5.01 Å². The van der Waals surface area contributed by atoms with Gasteiger partial charge in [-0.1, -0.05) is 12.1 Å². The second-order valence-corrected chi connectivity index (χ2v) is 9.01. The lowest BCUT2D eigenvalue weighted by Gasteiger charge is -2.31. The number of carbonyl (C=O) groups is 1. The van der Waals surface area contributed by atoms with E-state index in [4.69, 9.17) is 4.98 Å². The van der Waals surface area contributed by atoms with Gasteiger partial charge in [0.15, 0.2) is 0 Å². The minimum atomic E-state index is 0. The van der Waals surface area contributed by atoms with Crippen molar-refractivity contribution < 1.29 is 4.79 Å². The summed E-state index contributed by atoms with van der Waals surface area (Å²) in [6, 6.07) is 9.82. The number of aromatic nitrogens is 1. The van der Waals surface area contributed by atoms with E-state index in [-0.39, 0.29) is 30.9 Å². The molecule has 3 saturated heterocycles. The number of hydrogen-bond acceptors (Lipinski definition) is 4. The highest BCUT2D eigenvalue weighted by Crippen LogP contribution is 2.38. The maximum Gasteiger partial charge on any atom is 0.223 e. The van der Waals surface area contributed by atoms with Gasteiger partial charge in [-0.3, -0.25) is 4.79 Å². The molecule has 4 heterocycles. The summed E-state index contributed by atoms with van der Waals surface area (Å²) in [7, 11) is 0. The molecule has 7 heteroatoms. The zero-order valence-electron chi connectivity index (χ0n) is 15.3. The van der Waals surface area contributed by atoms with Crippen LogP contribution in [0.15, 0.2) is 24.3 Å². The van der Waals surface area contributed by atoms with Crippen LogP contribution in [0, 0.1) is 5.92 Å². The van der Waals surface area contributed by atoms with Gasteiger partial charge in [-0.2, -0.15) is 0 Å². The number of benzene rings is 1. The van der Waals surface area contributed by atoms with E-state index in [2.05, 4.69) is 28.4 Å². The fourth-order valence-electron chi connectivity index (χ4n) is 5.06. The monoisotopic (exact) mass is 427 g/mol. The van der Waals surface area contributed by atoms with E-state index in [1.54, 1.807) is 11.3 Å². The minimum absolute atomic E-state index is 0. The number of rotatable bonds is 3. The molecule has 3 atom stereocenters. The van der Waals surface area contributed by atoms with Gasteiger partial charge in [0, 0.05) is 25.0 Å². The highest BCUT2D eigenvalue weighted by Gasteiger charge is 2.37. The molecule has 3 unspecified atom stereocenters. The Morgan fingerprint density at radius 1 is 1.15 bits per heavy atom. The van der Waals surface area contributed by atoms with Gasteiger partial charge in [0.2, 0.25) is 5.91 Å². The van der Waals surface area contributed by atoms with Crippen molar-refractivity contribution in [3.8, 4) is 0 Å². The maximum absolute atomic E-state index is 13.0. The molecule has 0 saturated carbocycles. The van der Waals surface area contributed by atoms with Gasteiger partial charge >= 0.3 is 0 Å². The van der Waals surface area contributed by atoms with Crippen LogP contribution in [0.3, 0.4) is 0 Å². The van der Waals surface area contributed by atoms with Gasteiger partial charge in [-0.25, -0.2) is 4.98 Å². The summed E-state index contributed by atoms with van der Waals surface area (Å²) in [5.74, 6) is 0.927. The maximum atomic E-state index is 13.0. The van der Waals surface area contributed by atoms with E-state index in [1.807, 2.05) is 6.07 Å². The molecule has 5 rings (SSSR count). The third kappa shape index (κ3) is 4.12. The lowest BCUT2D eigenvalue weighted by molar-refractivity contribution is -0.133. The van der Waals surface area contributed by atoms with Gasteiger partial charge in [-0.15, -0.1) is 36.2 Å². The van der Waals surface area contributed by atoms with Crippen molar-refractivity contribution in [1.82, 2.24) is 15.2 Å². The Labute approximate surface area is 176 Å². The van der Waals surface area contributed by atoms with Crippen LogP contribution in [0.5, 0.6) is 0 Å². The second kappa shape index (κ2) is 8.64.